The standard InChI is InChI=1S/C15H25N3O2S/c1-2-16-9-14-7-15(10-17-14)21(19,20)18-8-13-6-11-3-4-12(13)5-11/h7,10-13,16-18H,2-6,8-9H2,1H3. The number of rotatable bonds is 7. The van der Waals surface area contributed by atoms with Crippen LogP contribution < -0.4 is 10.0 Å². The normalized spacial score (nSPS) is 28.3. The van der Waals surface area contributed by atoms with Crippen molar-refractivity contribution in [3.63, 3.8) is 0 Å². The number of fused-ring (bicyclic) bond motifs is 2. The lowest BCUT2D eigenvalue weighted by atomic mass is 9.89. The Hall–Kier alpha value is -0.850. The van der Waals surface area contributed by atoms with Gasteiger partial charge in [-0.1, -0.05) is 13.3 Å². The molecule has 21 heavy (non-hydrogen) atoms. The molecule has 118 valence electrons. The van der Waals surface area contributed by atoms with E-state index in [-0.39, 0.29) is 0 Å². The van der Waals surface area contributed by atoms with Crippen molar-refractivity contribution in [2.24, 2.45) is 17.8 Å². The first-order valence-corrected chi connectivity index (χ1v) is 9.44. The van der Waals surface area contributed by atoms with Crippen LogP contribution in [-0.4, -0.2) is 26.5 Å². The van der Waals surface area contributed by atoms with Gasteiger partial charge in [0.15, 0.2) is 0 Å². The molecule has 2 saturated carbocycles. The van der Waals surface area contributed by atoms with Crippen molar-refractivity contribution >= 4 is 10.0 Å². The molecule has 1 aromatic heterocycles. The molecule has 3 atom stereocenters. The zero-order chi connectivity index (χ0) is 14.9. The molecule has 2 aliphatic rings. The van der Waals surface area contributed by atoms with E-state index in [1.54, 1.807) is 12.3 Å². The molecular formula is C15H25N3O2S. The van der Waals surface area contributed by atoms with Gasteiger partial charge in [-0.2, -0.15) is 0 Å². The first kappa shape index (κ1) is 15.1. The largest absolute Gasteiger partial charge is 0.363 e. The number of nitrogens with one attached hydrogen (secondary N) is 3. The van der Waals surface area contributed by atoms with E-state index >= 15 is 0 Å². The van der Waals surface area contributed by atoms with Crippen LogP contribution in [0.2, 0.25) is 0 Å². The number of hydrogen-bond donors (Lipinski definition) is 3. The van der Waals surface area contributed by atoms with Crippen molar-refractivity contribution in [1.29, 1.82) is 0 Å². The third kappa shape index (κ3) is 3.33. The summed E-state index contributed by atoms with van der Waals surface area (Å²) in [5.41, 5.74) is 0.900. The van der Waals surface area contributed by atoms with E-state index in [0.717, 1.165) is 24.1 Å². The average molecular weight is 311 g/mol. The summed E-state index contributed by atoms with van der Waals surface area (Å²) in [5.74, 6) is 2.13. The van der Waals surface area contributed by atoms with E-state index < -0.39 is 10.0 Å². The van der Waals surface area contributed by atoms with Gasteiger partial charge in [0, 0.05) is 25.0 Å². The fraction of sp³-hybridized carbons (Fsp3) is 0.733. The summed E-state index contributed by atoms with van der Waals surface area (Å²) >= 11 is 0. The molecule has 3 unspecified atom stereocenters. The van der Waals surface area contributed by atoms with Crippen LogP contribution in [-0.2, 0) is 16.6 Å². The summed E-state index contributed by atoms with van der Waals surface area (Å²) in [6, 6.07) is 1.71. The molecule has 6 heteroatoms. The summed E-state index contributed by atoms with van der Waals surface area (Å²) < 4.78 is 27.5. The first-order valence-electron chi connectivity index (χ1n) is 7.96. The van der Waals surface area contributed by atoms with Crippen LogP contribution in [0.5, 0.6) is 0 Å². The molecule has 0 amide bonds. The SMILES string of the molecule is CCNCc1cc(S(=O)(=O)NCC2CC3CCC2C3)c[nH]1. The predicted molar refractivity (Wildman–Crippen MR) is 82.3 cm³/mol. The molecule has 1 heterocycles. The maximum atomic E-state index is 12.3. The van der Waals surface area contributed by atoms with E-state index in [1.165, 1.54) is 25.7 Å². The van der Waals surface area contributed by atoms with Gasteiger partial charge in [0.25, 0.3) is 0 Å². The monoisotopic (exact) mass is 311 g/mol. The minimum absolute atomic E-state index is 0.346. The van der Waals surface area contributed by atoms with Crippen LogP contribution in [0.25, 0.3) is 0 Å². The summed E-state index contributed by atoms with van der Waals surface area (Å²) in [7, 11) is -3.38. The van der Waals surface area contributed by atoms with E-state index in [4.69, 9.17) is 0 Å². The van der Waals surface area contributed by atoms with Gasteiger partial charge in [-0.05, 0) is 49.6 Å². The fourth-order valence-electron chi connectivity index (χ4n) is 3.86. The molecule has 2 bridgehead atoms. The van der Waals surface area contributed by atoms with Gasteiger partial charge in [0.1, 0.15) is 0 Å². The number of aromatic nitrogens is 1. The molecule has 0 aliphatic heterocycles. The van der Waals surface area contributed by atoms with Gasteiger partial charge in [0.05, 0.1) is 4.90 Å². The Morgan fingerprint density at radius 1 is 1.33 bits per heavy atom. The summed E-state index contributed by atoms with van der Waals surface area (Å²) in [6.07, 6.45) is 6.72. The predicted octanol–water partition coefficient (Wildman–Crippen LogP) is 1.84. The van der Waals surface area contributed by atoms with Crippen LogP contribution in [0.1, 0.15) is 38.3 Å². The van der Waals surface area contributed by atoms with Gasteiger partial charge < -0.3 is 10.3 Å². The first-order chi connectivity index (χ1) is 10.1. The highest BCUT2D eigenvalue weighted by Gasteiger charge is 2.39. The summed E-state index contributed by atoms with van der Waals surface area (Å²) in [4.78, 5) is 3.37. The lowest BCUT2D eigenvalue weighted by molar-refractivity contribution is 0.333. The van der Waals surface area contributed by atoms with Crippen LogP contribution in [0.15, 0.2) is 17.2 Å². The van der Waals surface area contributed by atoms with Crippen molar-refractivity contribution in [3.8, 4) is 0 Å². The maximum Gasteiger partial charge on any atom is 0.242 e. The van der Waals surface area contributed by atoms with E-state index in [1.807, 2.05) is 6.92 Å². The Bertz CT molecular complexity index is 581. The van der Waals surface area contributed by atoms with Crippen molar-refractivity contribution in [1.82, 2.24) is 15.0 Å². The van der Waals surface area contributed by atoms with Crippen LogP contribution >= 0.6 is 0 Å². The summed E-state index contributed by atoms with van der Waals surface area (Å²) in [6.45, 7) is 4.15. The van der Waals surface area contributed by atoms with Crippen LogP contribution in [0.3, 0.4) is 0 Å². The Labute approximate surface area is 127 Å². The minimum Gasteiger partial charge on any atom is -0.363 e. The summed E-state index contributed by atoms with van der Waals surface area (Å²) in [5, 5.41) is 3.18. The Balaban J connectivity index is 1.57. The molecule has 5 nitrogen and oxygen atoms in total. The lowest BCUT2D eigenvalue weighted by Crippen LogP contribution is -2.31. The molecule has 0 spiro atoms. The minimum atomic E-state index is -3.38. The highest BCUT2D eigenvalue weighted by Crippen LogP contribution is 2.48. The Morgan fingerprint density at radius 3 is 2.86 bits per heavy atom. The topological polar surface area (TPSA) is 74.0 Å². The molecule has 2 fully saturated rings. The van der Waals surface area contributed by atoms with Gasteiger partial charge in [-0.3, -0.25) is 0 Å². The second-order valence-corrected chi connectivity index (χ2v) is 8.19. The van der Waals surface area contributed by atoms with E-state index in [2.05, 4.69) is 15.0 Å². The number of hydrogen-bond acceptors (Lipinski definition) is 3. The lowest BCUT2D eigenvalue weighted by Gasteiger charge is -2.21. The number of H-pyrrole nitrogens is 1. The third-order valence-corrected chi connectivity index (χ3v) is 6.42. The van der Waals surface area contributed by atoms with Gasteiger partial charge in [-0.15, -0.1) is 0 Å². The quantitative estimate of drug-likeness (QED) is 0.719. The number of aromatic amines is 1. The molecule has 0 saturated heterocycles. The second kappa shape index (κ2) is 6.10. The van der Waals surface area contributed by atoms with Crippen molar-refractivity contribution in [2.45, 2.75) is 44.0 Å². The van der Waals surface area contributed by atoms with Crippen molar-refractivity contribution < 1.29 is 8.42 Å². The molecule has 3 rings (SSSR count). The van der Waals surface area contributed by atoms with Gasteiger partial charge >= 0.3 is 0 Å². The van der Waals surface area contributed by atoms with E-state index in [0.29, 0.717) is 23.9 Å². The molecule has 3 N–H and O–H groups in total. The average Bonchev–Trinajstić information content (AvgIpc) is 3.18. The van der Waals surface area contributed by atoms with Crippen molar-refractivity contribution in [2.75, 3.05) is 13.1 Å². The molecule has 0 radical (unpaired) electrons. The Morgan fingerprint density at radius 2 is 2.19 bits per heavy atom. The second-order valence-electron chi connectivity index (χ2n) is 6.43. The molecular weight excluding hydrogens is 286 g/mol. The zero-order valence-electron chi connectivity index (χ0n) is 12.6. The number of sulfonamides is 1. The van der Waals surface area contributed by atoms with Gasteiger partial charge in [0.2, 0.25) is 10.0 Å². The van der Waals surface area contributed by atoms with Crippen molar-refractivity contribution in [3.05, 3.63) is 18.0 Å². The van der Waals surface area contributed by atoms with Crippen LogP contribution in [0.4, 0.5) is 0 Å². The third-order valence-electron chi connectivity index (χ3n) is 5.01. The highest BCUT2D eigenvalue weighted by molar-refractivity contribution is 7.89. The van der Waals surface area contributed by atoms with Crippen LogP contribution in [0, 0.1) is 17.8 Å². The molecule has 2 aliphatic carbocycles. The smallest absolute Gasteiger partial charge is 0.242 e. The zero-order valence-corrected chi connectivity index (χ0v) is 13.4. The maximum absolute atomic E-state index is 12.3. The van der Waals surface area contributed by atoms with E-state index in [9.17, 15) is 8.42 Å². The van der Waals surface area contributed by atoms with Gasteiger partial charge in [-0.25, -0.2) is 13.1 Å². The Kier molecular flexibility index (Phi) is 4.38. The fourth-order valence-corrected chi connectivity index (χ4v) is 4.97. The molecule has 0 aromatic carbocycles. The molecule has 1 aromatic rings. The highest BCUT2D eigenvalue weighted by atomic mass is 32.2.